The summed E-state index contributed by atoms with van der Waals surface area (Å²) < 4.78 is 13.4. The lowest BCUT2D eigenvalue weighted by Gasteiger charge is -2.14. The number of benzene rings is 1. The second-order valence-electron chi connectivity index (χ2n) is 5.45. The van der Waals surface area contributed by atoms with Crippen molar-refractivity contribution in [1.29, 1.82) is 0 Å². The number of rotatable bonds is 6. The fraction of sp³-hybridized carbons (Fsp3) is 0.500. The highest BCUT2D eigenvalue weighted by Crippen LogP contribution is 2.24. The Morgan fingerprint density at radius 1 is 1.52 bits per heavy atom. The van der Waals surface area contributed by atoms with Crippen LogP contribution in [0.5, 0.6) is 0 Å². The van der Waals surface area contributed by atoms with Crippen LogP contribution in [0.1, 0.15) is 12.8 Å². The molecule has 2 heterocycles. The van der Waals surface area contributed by atoms with E-state index in [2.05, 4.69) is 20.9 Å². The molecule has 7 heteroatoms. The Morgan fingerprint density at radius 3 is 3.13 bits per heavy atom. The smallest absolute Gasteiger partial charge is 0.262 e. The fourth-order valence-corrected chi connectivity index (χ4v) is 4.06. The maximum Gasteiger partial charge on any atom is 0.262 e. The number of thioether (sulfide) groups is 1. The zero-order valence-electron chi connectivity index (χ0n) is 13.0. The molecule has 1 aliphatic heterocycles. The van der Waals surface area contributed by atoms with E-state index in [4.69, 9.17) is 9.47 Å². The molecule has 1 aromatic carbocycles. The molecule has 1 atom stereocenters. The van der Waals surface area contributed by atoms with Crippen LogP contribution in [0.3, 0.4) is 0 Å². The van der Waals surface area contributed by atoms with Gasteiger partial charge in [0.15, 0.2) is 5.16 Å². The molecule has 0 spiro atoms. The molecule has 1 saturated heterocycles. The van der Waals surface area contributed by atoms with E-state index in [1.807, 2.05) is 18.2 Å². The number of aromatic nitrogens is 2. The molecule has 5 nitrogen and oxygen atoms in total. The molecule has 23 heavy (non-hydrogen) atoms. The molecule has 0 amide bonds. The monoisotopic (exact) mass is 398 g/mol. The lowest BCUT2D eigenvalue weighted by atomic mass is 10.2. The number of ether oxygens (including phenoxy) is 2. The maximum atomic E-state index is 12.8. The molecule has 0 bridgehead atoms. The third-order valence-electron chi connectivity index (χ3n) is 3.82. The molecular weight excluding hydrogens is 380 g/mol. The molecule has 0 N–H and O–H groups in total. The van der Waals surface area contributed by atoms with Crippen LogP contribution in [0.25, 0.3) is 10.9 Å². The van der Waals surface area contributed by atoms with Gasteiger partial charge in [-0.25, -0.2) is 4.98 Å². The maximum absolute atomic E-state index is 12.8. The Morgan fingerprint density at radius 2 is 2.39 bits per heavy atom. The van der Waals surface area contributed by atoms with Crippen molar-refractivity contribution < 1.29 is 9.47 Å². The minimum Gasteiger partial charge on any atom is -0.383 e. The molecule has 0 aliphatic carbocycles. The highest BCUT2D eigenvalue weighted by molar-refractivity contribution is 9.10. The first-order chi connectivity index (χ1) is 11.2. The summed E-state index contributed by atoms with van der Waals surface area (Å²) in [4.78, 5) is 17.5. The molecule has 1 aliphatic rings. The SMILES string of the molecule is COCCn1c(SCC2CCCO2)nc2ccc(Br)cc2c1=O. The fourth-order valence-electron chi connectivity index (χ4n) is 2.61. The van der Waals surface area contributed by atoms with E-state index in [1.54, 1.807) is 23.4 Å². The van der Waals surface area contributed by atoms with Crippen LogP contribution in [-0.4, -0.2) is 41.7 Å². The molecule has 3 rings (SSSR count). The Hall–Kier alpha value is -0.890. The quantitative estimate of drug-likeness (QED) is 0.552. The minimum atomic E-state index is -0.0248. The topological polar surface area (TPSA) is 53.4 Å². The van der Waals surface area contributed by atoms with E-state index in [0.717, 1.165) is 40.3 Å². The van der Waals surface area contributed by atoms with Crippen molar-refractivity contribution in [2.45, 2.75) is 30.6 Å². The zero-order chi connectivity index (χ0) is 16.2. The third kappa shape index (κ3) is 3.96. The first-order valence-corrected chi connectivity index (χ1v) is 9.40. The van der Waals surface area contributed by atoms with Crippen molar-refractivity contribution >= 4 is 38.6 Å². The summed E-state index contributed by atoms with van der Waals surface area (Å²) in [6, 6.07) is 5.60. The van der Waals surface area contributed by atoms with Crippen LogP contribution in [-0.2, 0) is 16.0 Å². The van der Waals surface area contributed by atoms with E-state index >= 15 is 0 Å². The first-order valence-electron chi connectivity index (χ1n) is 7.62. The molecule has 1 aromatic heterocycles. The van der Waals surface area contributed by atoms with E-state index in [9.17, 15) is 4.79 Å². The molecule has 1 fully saturated rings. The van der Waals surface area contributed by atoms with Crippen molar-refractivity contribution in [3.05, 3.63) is 33.0 Å². The highest BCUT2D eigenvalue weighted by atomic mass is 79.9. The Labute approximate surface area is 147 Å². The lowest BCUT2D eigenvalue weighted by Crippen LogP contribution is -2.25. The van der Waals surface area contributed by atoms with Gasteiger partial charge in [0.2, 0.25) is 0 Å². The third-order valence-corrected chi connectivity index (χ3v) is 5.42. The average molecular weight is 399 g/mol. The number of nitrogens with zero attached hydrogens (tertiary/aromatic N) is 2. The number of fused-ring (bicyclic) bond motifs is 1. The van der Waals surface area contributed by atoms with Crippen molar-refractivity contribution in [2.24, 2.45) is 0 Å². The van der Waals surface area contributed by atoms with Crippen LogP contribution in [0.15, 0.2) is 32.6 Å². The molecular formula is C16H19BrN2O3S. The summed E-state index contributed by atoms with van der Waals surface area (Å²) in [5.41, 5.74) is 0.699. The van der Waals surface area contributed by atoms with Gasteiger partial charge in [-0.05, 0) is 31.0 Å². The number of hydrogen-bond acceptors (Lipinski definition) is 5. The summed E-state index contributed by atoms with van der Waals surface area (Å²) in [6.07, 6.45) is 2.45. The standard InChI is InChI=1S/C16H19BrN2O3S/c1-21-8-6-19-15(20)13-9-11(17)4-5-14(13)18-16(19)23-10-12-3-2-7-22-12/h4-5,9,12H,2-3,6-8,10H2,1H3. The van der Waals surface area contributed by atoms with Gasteiger partial charge in [0.1, 0.15) is 0 Å². The first kappa shape index (κ1) is 17.0. The van der Waals surface area contributed by atoms with Crippen molar-refractivity contribution in [3.8, 4) is 0 Å². The van der Waals surface area contributed by atoms with Gasteiger partial charge in [0.05, 0.1) is 30.2 Å². The van der Waals surface area contributed by atoms with Crippen LogP contribution in [0.4, 0.5) is 0 Å². The second-order valence-corrected chi connectivity index (χ2v) is 7.35. The van der Waals surface area contributed by atoms with Gasteiger partial charge >= 0.3 is 0 Å². The van der Waals surface area contributed by atoms with E-state index in [-0.39, 0.29) is 11.7 Å². The summed E-state index contributed by atoms with van der Waals surface area (Å²) in [5, 5.41) is 1.36. The summed E-state index contributed by atoms with van der Waals surface area (Å²) >= 11 is 5.00. The predicted octanol–water partition coefficient (Wildman–Crippen LogP) is 3.08. The largest absolute Gasteiger partial charge is 0.383 e. The average Bonchev–Trinajstić information content (AvgIpc) is 3.06. The normalized spacial score (nSPS) is 17.9. The van der Waals surface area contributed by atoms with E-state index < -0.39 is 0 Å². The summed E-state index contributed by atoms with van der Waals surface area (Å²) in [6.45, 7) is 1.81. The van der Waals surface area contributed by atoms with Crippen molar-refractivity contribution in [3.63, 3.8) is 0 Å². The van der Waals surface area contributed by atoms with E-state index in [0.29, 0.717) is 18.5 Å². The molecule has 0 radical (unpaired) electrons. The zero-order valence-corrected chi connectivity index (χ0v) is 15.4. The van der Waals surface area contributed by atoms with Gasteiger partial charge in [-0.15, -0.1) is 0 Å². The van der Waals surface area contributed by atoms with Crippen LogP contribution >= 0.6 is 27.7 Å². The minimum absolute atomic E-state index is 0.0248. The van der Waals surface area contributed by atoms with Gasteiger partial charge in [-0.3, -0.25) is 9.36 Å². The summed E-state index contributed by atoms with van der Waals surface area (Å²) in [5.74, 6) is 0.821. The lowest BCUT2D eigenvalue weighted by molar-refractivity contribution is 0.128. The van der Waals surface area contributed by atoms with Crippen molar-refractivity contribution in [1.82, 2.24) is 9.55 Å². The van der Waals surface area contributed by atoms with Gasteiger partial charge in [0.25, 0.3) is 5.56 Å². The van der Waals surface area contributed by atoms with Gasteiger partial charge < -0.3 is 9.47 Å². The highest BCUT2D eigenvalue weighted by Gasteiger charge is 2.18. The van der Waals surface area contributed by atoms with Crippen LogP contribution in [0.2, 0.25) is 0 Å². The molecule has 1 unspecified atom stereocenters. The predicted molar refractivity (Wildman–Crippen MR) is 95.3 cm³/mol. The Balaban J connectivity index is 1.95. The van der Waals surface area contributed by atoms with Gasteiger partial charge in [-0.1, -0.05) is 27.7 Å². The van der Waals surface area contributed by atoms with Crippen LogP contribution in [0, 0.1) is 0 Å². The van der Waals surface area contributed by atoms with Crippen LogP contribution < -0.4 is 5.56 Å². The number of methoxy groups -OCH3 is 1. The molecule has 2 aromatic rings. The van der Waals surface area contributed by atoms with Gasteiger partial charge in [-0.2, -0.15) is 0 Å². The molecule has 124 valence electrons. The number of hydrogen-bond donors (Lipinski definition) is 0. The molecule has 0 saturated carbocycles. The van der Waals surface area contributed by atoms with Crippen molar-refractivity contribution in [2.75, 3.05) is 26.1 Å². The summed E-state index contributed by atoms with van der Waals surface area (Å²) in [7, 11) is 1.63. The second kappa shape index (κ2) is 7.79. The van der Waals surface area contributed by atoms with E-state index in [1.165, 1.54) is 0 Å². The Bertz CT molecular complexity index is 744. The number of halogens is 1. The van der Waals surface area contributed by atoms with Gasteiger partial charge in [0, 0.05) is 23.9 Å². The Kier molecular flexibility index (Phi) is 5.74.